The van der Waals surface area contributed by atoms with Gasteiger partial charge in [0.1, 0.15) is 5.69 Å². The van der Waals surface area contributed by atoms with E-state index in [2.05, 4.69) is 56.1 Å². The molecule has 0 N–H and O–H groups in total. The second-order valence-electron chi connectivity index (χ2n) is 7.03. The van der Waals surface area contributed by atoms with Gasteiger partial charge in [0.2, 0.25) is 0 Å². The molecule has 136 valence electrons. The molecule has 4 nitrogen and oxygen atoms in total. The van der Waals surface area contributed by atoms with Gasteiger partial charge in [0.25, 0.3) is 5.56 Å². The normalized spacial score (nSPS) is 11.3. The van der Waals surface area contributed by atoms with E-state index in [9.17, 15) is 4.79 Å². The van der Waals surface area contributed by atoms with Gasteiger partial charge in [0.05, 0.1) is 16.3 Å². The third kappa shape index (κ3) is 3.30. The molecule has 27 heavy (non-hydrogen) atoms. The van der Waals surface area contributed by atoms with Crippen molar-refractivity contribution in [1.29, 1.82) is 0 Å². The number of nitrogens with zero attached hydrogens (tertiary/aromatic N) is 3. The van der Waals surface area contributed by atoms with Gasteiger partial charge in [-0.15, -0.1) is 11.3 Å². The van der Waals surface area contributed by atoms with Gasteiger partial charge >= 0.3 is 0 Å². The molecule has 0 radical (unpaired) electrons. The van der Waals surface area contributed by atoms with Gasteiger partial charge in [0.15, 0.2) is 5.52 Å². The van der Waals surface area contributed by atoms with Crippen LogP contribution in [0.25, 0.3) is 21.5 Å². The van der Waals surface area contributed by atoms with Crippen LogP contribution in [-0.4, -0.2) is 14.8 Å². The van der Waals surface area contributed by atoms with Crippen molar-refractivity contribution in [3.8, 4) is 11.3 Å². The van der Waals surface area contributed by atoms with E-state index in [1.165, 1.54) is 22.5 Å². The minimum Gasteiger partial charge on any atom is -0.265 e. The molecular formula is C22H21N3OS. The van der Waals surface area contributed by atoms with Crippen LogP contribution in [0, 0.1) is 27.7 Å². The molecule has 0 bridgehead atoms. The molecule has 0 fully saturated rings. The van der Waals surface area contributed by atoms with Gasteiger partial charge in [-0.2, -0.15) is 5.10 Å². The summed E-state index contributed by atoms with van der Waals surface area (Å²) < 4.78 is 2.41. The Labute approximate surface area is 162 Å². The summed E-state index contributed by atoms with van der Waals surface area (Å²) in [6.07, 6.45) is 0. The Kier molecular flexibility index (Phi) is 4.40. The molecule has 4 rings (SSSR count). The van der Waals surface area contributed by atoms with Gasteiger partial charge in [-0.3, -0.25) is 4.79 Å². The highest BCUT2D eigenvalue weighted by Gasteiger charge is 2.17. The monoisotopic (exact) mass is 375 g/mol. The van der Waals surface area contributed by atoms with Crippen LogP contribution in [0.3, 0.4) is 0 Å². The maximum absolute atomic E-state index is 13.0. The fraction of sp³-hybridized carbons (Fsp3) is 0.227. The molecule has 0 aliphatic rings. The van der Waals surface area contributed by atoms with Crippen LogP contribution in [-0.2, 0) is 6.54 Å². The molecule has 0 aliphatic heterocycles. The van der Waals surface area contributed by atoms with E-state index in [1.54, 1.807) is 4.68 Å². The summed E-state index contributed by atoms with van der Waals surface area (Å²) in [5.74, 6) is 0. The average molecular weight is 375 g/mol. The van der Waals surface area contributed by atoms with Gasteiger partial charge in [-0.1, -0.05) is 53.6 Å². The molecule has 0 saturated carbocycles. The average Bonchev–Trinajstić information content (AvgIpc) is 3.02. The van der Waals surface area contributed by atoms with Crippen molar-refractivity contribution < 1.29 is 0 Å². The van der Waals surface area contributed by atoms with Crippen molar-refractivity contribution >= 4 is 21.6 Å². The molecule has 4 aromatic rings. The van der Waals surface area contributed by atoms with E-state index in [4.69, 9.17) is 5.10 Å². The first kappa shape index (κ1) is 17.6. The number of fused-ring (bicyclic) bond motifs is 1. The predicted molar refractivity (Wildman–Crippen MR) is 112 cm³/mol. The summed E-state index contributed by atoms with van der Waals surface area (Å²) in [5.41, 5.74) is 6.86. The lowest BCUT2D eigenvalue weighted by Crippen LogP contribution is -2.24. The molecule has 0 aliphatic carbocycles. The summed E-state index contributed by atoms with van der Waals surface area (Å²) in [6.45, 7) is 8.58. The van der Waals surface area contributed by atoms with E-state index in [-0.39, 0.29) is 5.56 Å². The standard InChI is InChI=1S/C22H21N3OS/c1-13-5-8-17(9-6-13)12-25-22(26)20-21(27-16(4)23-20)19(24-25)18-10-7-14(2)11-15(18)3/h5-11H,12H2,1-4H3. The van der Waals surface area contributed by atoms with Gasteiger partial charge in [-0.25, -0.2) is 9.67 Å². The number of benzene rings is 2. The van der Waals surface area contributed by atoms with Crippen molar-refractivity contribution in [3.05, 3.63) is 80.1 Å². The molecular weight excluding hydrogens is 354 g/mol. The van der Waals surface area contributed by atoms with Crippen LogP contribution in [0.1, 0.15) is 27.3 Å². The SMILES string of the molecule is Cc1ccc(Cn2nc(-c3ccc(C)cc3C)c3sc(C)nc3c2=O)cc1. The Morgan fingerprint density at radius 3 is 2.37 bits per heavy atom. The zero-order chi connectivity index (χ0) is 19.1. The summed E-state index contributed by atoms with van der Waals surface area (Å²) in [6, 6.07) is 14.5. The highest BCUT2D eigenvalue weighted by Crippen LogP contribution is 2.31. The van der Waals surface area contributed by atoms with E-state index in [0.29, 0.717) is 12.1 Å². The number of hydrogen-bond donors (Lipinski definition) is 0. The Morgan fingerprint density at radius 1 is 0.963 bits per heavy atom. The first-order valence-electron chi connectivity index (χ1n) is 8.94. The molecule has 2 heterocycles. The Morgan fingerprint density at radius 2 is 1.67 bits per heavy atom. The number of thiazole rings is 1. The summed E-state index contributed by atoms with van der Waals surface area (Å²) in [5, 5.41) is 5.64. The first-order valence-corrected chi connectivity index (χ1v) is 9.75. The second-order valence-corrected chi connectivity index (χ2v) is 8.23. The lowest BCUT2D eigenvalue weighted by Gasteiger charge is -2.11. The van der Waals surface area contributed by atoms with Crippen LogP contribution in [0.15, 0.2) is 47.3 Å². The van der Waals surface area contributed by atoms with Crippen molar-refractivity contribution in [1.82, 2.24) is 14.8 Å². The Balaban J connectivity index is 1.94. The Bertz CT molecular complexity index is 1200. The van der Waals surface area contributed by atoms with Crippen LogP contribution in [0.5, 0.6) is 0 Å². The van der Waals surface area contributed by atoms with E-state index in [1.807, 2.05) is 19.1 Å². The van der Waals surface area contributed by atoms with Crippen molar-refractivity contribution in [2.24, 2.45) is 0 Å². The van der Waals surface area contributed by atoms with Crippen LogP contribution >= 0.6 is 11.3 Å². The van der Waals surface area contributed by atoms with Gasteiger partial charge in [-0.05, 0) is 38.8 Å². The minimum absolute atomic E-state index is 0.136. The fourth-order valence-electron chi connectivity index (χ4n) is 3.30. The topological polar surface area (TPSA) is 47.8 Å². The summed E-state index contributed by atoms with van der Waals surface area (Å²) >= 11 is 1.53. The molecule has 0 amide bonds. The van der Waals surface area contributed by atoms with Gasteiger partial charge < -0.3 is 0 Å². The van der Waals surface area contributed by atoms with Crippen LogP contribution < -0.4 is 5.56 Å². The number of rotatable bonds is 3. The quantitative estimate of drug-likeness (QED) is 0.517. The highest BCUT2D eigenvalue weighted by atomic mass is 32.1. The molecule has 0 unspecified atom stereocenters. The lowest BCUT2D eigenvalue weighted by molar-refractivity contribution is 0.650. The Hall–Kier alpha value is -2.79. The fourth-order valence-corrected chi connectivity index (χ4v) is 4.20. The van der Waals surface area contributed by atoms with E-state index in [0.717, 1.165) is 32.1 Å². The maximum Gasteiger partial charge on any atom is 0.294 e. The first-order chi connectivity index (χ1) is 12.9. The van der Waals surface area contributed by atoms with Gasteiger partial charge in [0, 0.05) is 5.56 Å². The van der Waals surface area contributed by atoms with Crippen molar-refractivity contribution in [2.75, 3.05) is 0 Å². The molecule has 2 aromatic carbocycles. The highest BCUT2D eigenvalue weighted by molar-refractivity contribution is 7.19. The molecule has 5 heteroatoms. The van der Waals surface area contributed by atoms with Crippen LogP contribution in [0.2, 0.25) is 0 Å². The van der Waals surface area contributed by atoms with Crippen molar-refractivity contribution in [2.45, 2.75) is 34.2 Å². The van der Waals surface area contributed by atoms with E-state index < -0.39 is 0 Å². The molecule has 2 aromatic heterocycles. The largest absolute Gasteiger partial charge is 0.294 e. The predicted octanol–water partition coefficient (Wildman–Crippen LogP) is 4.80. The molecule has 0 saturated heterocycles. The molecule has 0 spiro atoms. The second kappa shape index (κ2) is 6.74. The third-order valence-electron chi connectivity index (χ3n) is 4.70. The maximum atomic E-state index is 13.0. The number of aryl methyl sites for hydroxylation is 4. The van der Waals surface area contributed by atoms with Crippen LogP contribution in [0.4, 0.5) is 0 Å². The minimum atomic E-state index is -0.136. The summed E-state index contributed by atoms with van der Waals surface area (Å²) in [7, 11) is 0. The van der Waals surface area contributed by atoms with E-state index >= 15 is 0 Å². The lowest BCUT2D eigenvalue weighted by atomic mass is 10.0. The zero-order valence-electron chi connectivity index (χ0n) is 15.9. The summed E-state index contributed by atoms with van der Waals surface area (Å²) in [4.78, 5) is 17.5. The number of aromatic nitrogens is 3. The number of hydrogen-bond acceptors (Lipinski definition) is 4. The molecule has 0 atom stereocenters. The zero-order valence-corrected chi connectivity index (χ0v) is 16.7. The van der Waals surface area contributed by atoms with Crippen molar-refractivity contribution in [3.63, 3.8) is 0 Å². The third-order valence-corrected chi connectivity index (χ3v) is 5.67. The smallest absolute Gasteiger partial charge is 0.265 e.